The normalized spacial score (nSPS) is 25.8. The van der Waals surface area contributed by atoms with Gasteiger partial charge in [-0.25, -0.2) is 9.59 Å². The molecule has 0 spiro atoms. The Labute approximate surface area is 258 Å². The summed E-state index contributed by atoms with van der Waals surface area (Å²) >= 11 is 0. The summed E-state index contributed by atoms with van der Waals surface area (Å²) in [6.45, 7) is 9.35. The SMILES string of the molecule is C=C(C)C(=O)OC(C)(C)C12CC3CC(CC(OC(=O)COc4ccc([S+](c5ccccc5)c5ccccc5)cc4)(C3)C1)C2. The highest BCUT2D eigenvalue weighted by Crippen LogP contribution is 2.66. The second-order valence-corrected chi connectivity index (χ2v) is 15.3. The molecule has 0 saturated heterocycles. The smallest absolute Gasteiger partial charge is 0.344 e. The van der Waals surface area contributed by atoms with E-state index in [1.165, 1.54) is 14.7 Å². The maximum Gasteiger partial charge on any atom is 0.344 e. The summed E-state index contributed by atoms with van der Waals surface area (Å²) in [4.78, 5) is 29.4. The van der Waals surface area contributed by atoms with Gasteiger partial charge in [0.1, 0.15) is 17.0 Å². The van der Waals surface area contributed by atoms with Crippen molar-refractivity contribution in [3.63, 3.8) is 0 Å². The first-order valence-electron chi connectivity index (χ1n) is 15.3. The van der Waals surface area contributed by atoms with Crippen LogP contribution in [-0.2, 0) is 30.0 Å². The maximum absolute atomic E-state index is 13.2. The van der Waals surface area contributed by atoms with Gasteiger partial charge in [0, 0.05) is 11.0 Å². The predicted molar refractivity (Wildman–Crippen MR) is 168 cm³/mol. The summed E-state index contributed by atoms with van der Waals surface area (Å²) in [6.07, 6.45) is 5.60. The largest absolute Gasteiger partial charge is 0.482 e. The zero-order valence-corrected chi connectivity index (χ0v) is 26.2. The minimum atomic E-state index is -0.672. The lowest BCUT2D eigenvalue weighted by molar-refractivity contribution is -0.241. The van der Waals surface area contributed by atoms with Crippen LogP contribution in [0.2, 0.25) is 0 Å². The standard InChI is InChI=1S/C37H41O5S/c1-26(2)34(39)42-35(3,4)36-20-27-19-28(21-36)23-37(22-27,25-36)41-33(38)24-40-29-15-17-32(18-16-29)43(30-11-7-5-8-12-30)31-13-9-6-10-14-31/h5-18,27-28H,1,19-25H2,2-4H3/q+1. The van der Waals surface area contributed by atoms with E-state index in [2.05, 4.69) is 67.2 Å². The topological polar surface area (TPSA) is 61.8 Å². The number of carbonyl (C=O) groups is 2. The Morgan fingerprint density at radius 3 is 1.91 bits per heavy atom. The molecule has 4 saturated carbocycles. The molecule has 0 aliphatic heterocycles. The maximum atomic E-state index is 13.2. The molecule has 0 aromatic heterocycles. The van der Waals surface area contributed by atoms with Gasteiger partial charge < -0.3 is 14.2 Å². The Bertz CT molecular complexity index is 1430. The third-order valence-corrected chi connectivity index (χ3v) is 11.9. The van der Waals surface area contributed by atoms with E-state index in [-0.39, 0.29) is 34.9 Å². The van der Waals surface area contributed by atoms with E-state index in [4.69, 9.17) is 14.2 Å². The molecular weight excluding hydrogens is 556 g/mol. The van der Waals surface area contributed by atoms with Crippen molar-refractivity contribution >= 4 is 22.8 Å². The lowest BCUT2D eigenvalue weighted by atomic mass is 9.44. The molecule has 2 atom stereocenters. The number of hydrogen-bond donors (Lipinski definition) is 0. The average Bonchev–Trinajstić information content (AvgIpc) is 2.97. The van der Waals surface area contributed by atoms with E-state index in [0.717, 1.165) is 32.1 Å². The first-order valence-corrected chi connectivity index (χ1v) is 16.5. The van der Waals surface area contributed by atoms with Gasteiger partial charge in [-0.05, 0) is 120 Å². The van der Waals surface area contributed by atoms with Gasteiger partial charge in [-0.2, -0.15) is 0 Å². The second-order valence-electron chi connectivity index (χ2n) is 13.3. The highest BCUT2D eigenvalue weighted by Gasteiger charge is 2.65. The molecule has 43 heavy (non-hydrogen) atoms. The Hall–Kier alpha value is -3.51. The number of benzene rings is 3. The van der Waals surface area contributed by atoms with Crippen molar-refractivity contribution in [2.24, 2.45) is 17.3 Å². The van der Waals surface area contributed by atoms with Crippen LogP contribution in [-0.4, -0.2) is 29.7 Å². The first-order chi connectivity index (χ1) is 20.6. The molecule has 5 nitrogen and oxygen atoms in total. The number of carbonyl (C=O) groups excluding carboxylic acids is 2. The quantitative estimate of drug-likeness (QED) is 0.135. The van der Waals surface area contributed by atoms with Crippen LogP contribution in [0.25, 0.3) is 0 Å². The fraction of sp³-hybridized carbons (Fsp3) is 0.405. The van der Waals surface area contributed by atoms with Crippen molar-refractivity contribution in [2.75, 3.05) is 6.61 Å². The predicted octanol–water partition coefficient (Wildman–Crippen LogP) is 7.94. The Balaban J connectivity index is 1.12. The highest BCUT2D eigenvalue weighted by molar-refractivity contribution is 7.97. The Morgan fingerprint density at radius 2 is 1.37 bits per heavy atom. The van der Waals surface area contributed by atoms with Crippen LogP contribution in [0.3, 0.4) is 0 Å². The molecule has 6 heteroatoms. The molecule has 224 valence electrons. The van der Waals surface area contributed by atoms with E-state index in [1.54, 1.807) is 6.92 Å². The molecule has 0 heterocycles. The Kier molecular flexibility index (Phi) is 7.93. The van der Waals surface area contributed by atoms with Crippen LogP contribution >= 0.6 is 0 Å². The first kappa shape index (κ1) is 29.6. The van der Waals surface area contributed by atoms with Gasteiger partial charge in [0.25, 0.3) is 0 Å². The number of esters is 2. The average molecular weight is 598 g/mol. The molecule has 0 radical (unpaired) electrons. The second kappa shape index (κ2) is 11.5. The van der Waals surface area contributed by atoms with Gasteiger partial charge in [0.05, 0.1) is 10.9 Å². The van der Waals surface area contributed by atoms with Crippen LogP contribution in [0.4, 0.5) is 0 Å². The summed E-state index contributed by atoms with van der Waals surface area (Å²) in [7, 11) is -0.245. The highest BCUT2D eigenvalue weighted by atomic mass is 32.2. The van der Waals surface area contributed by atoms with E-state index in [9.17, 15) is 9.59 Å². The van der Waals surface area contributed by atoms with E-state index < -0.39 is 11.2 Å². The molecule has 4 aliphatic carbocycles. The zero-order chi connectivity index (χ0) is 30.2. The van der Waals surface area contributed by atoms with Crippen molar-refractivity contribution in [2.45, 2.75) is 85.2 Å². The van der Waals surface area contributed by atoms with E-state index >= 15 is 0 Å². The van der Waals surface area contributed by atoms with Gasteiger partial charge in [-0.15, -0.1) is 0 Å². The van der Waals surface area contributed by atoms with Gasteiger partial charge in [0.2, 0.25) is 0 Å². The minimum Gasteiger partial charge on any atom is -0.482 e. The lowest BCUT2D eigenvalue weighted by Crippen LogP contribution is -2.64. The Morgan fingerprint density at radius 1 is 0.837 bits per heavy atom. The van der Waals surface area contributed by atoms with Crippen molar-refractivity contribution in [3.05, 3.63) is 97.1 Å². The number of ether oxygens (including phenoxy) is 3. The number of rotatable bonds is 10. The summed E-state index contributed by atoms with van der Waals surface area (Å²) in [6, 6.07) is 29.1. The van der Waals surface area contributed by atoms with Crippen LogP contribution in [0.15, 0.2) is 112 Å². The van der Waals surface area contributed by atoms with Crippen molar-refractivity contribution < 1.29 is 23.8 Å². The minimum absolute atomic E-state index is 0.138. The molecule has 4 bridgehead atoms. The molecule has 4 aliphatic rings. The van der Waals surface area contributed by atoms with Crippen molar-refractivity contribution in [1.82, 2.24) is 0 Å². The van der Waals surface area contributed by atoms with Crippen molar-refractivity contribution in [3.8, 4) is 5.75 Å². The molecule has 3 aromatic rings. The third kappa shape index (κ3) is 5.99. The van der Waals surface area contributed by atoms with Gasteiger partial charge >= 0.3 is 11.9 Å². The van der Waals surface area contributed by atoms with Crippen LogP contribution in [0, 0.1) is 17.3 Å². The van der Waals surface area contributed by atoms with Crippen molar-refractivity contribution in [1.29, 1.82) is 0 Å². The van der Waals surface area contributed by atoms with Gasteiger partial charge in [0.15, 0.2) is 21.3 Å². The third-order valence-electron chi connectivity index (χ3n) is 9.69. The van der Waals surface area contributed by atoms with Crippen LogP contribution in [0.5, 0.6) is 5.75 Å². The summed E-state index contributed by atoms with van der Waals surface area (Å²) in [5.74, 6) is 0.874. The van der Waals surface area contributed by atoms with Crippen LogP contribution in [0.1, 0.15) is 59.3 Å². The summed E-state index contributed by atoms with van der Waals surface area (Å²) in [5, 5.41) is 0. The molecule has 0 amide bonds. The lowest BCUT2D eigenvalue weighted by Gasteiger charge is -2.64. The fourth-order valence-corrected chi connectivity index (χ4v) is 10.1. The summed E-state index contributed by atoms with van der Waals surface area (Å²) < 4.78 is 18.3. The van der Waals surface area contributed by atoms with Gasteiger partial charge in [-0.3, -0.25) is 0 Å². The zero-order valence-electron chi connectivity index (χ0n) is 25.3. The van der Waals surface area contributed by atoms with E-state index in [0.29, 0.717) is 29.6 Å². The van der Waals surface area contributed by atoms with E-state index in [1.807, 2.05) is 38.1 Å². The van der Waals surface area contributed by atoms with Gasteiger partial charge in [-0.1, -0.05) is 43.0 Å². The molecule has 3 aromatic carbocycles. The molecular formula is C37H41O5S+. The monoisotopic (exact) mass is 597 g/mol. The molecule has 4 fully saturated rings. The van der Waals surface area contributed by atoms with Crippen LogP contribution < -0.4 is 4.74 Å². The molecule has 7 rings (SSSR count). The fourth-order valence-electron chi connectivity index (χ4n) is 8.04. The molecule has 2 unspecified atom stereocenters. The summed E-state index contributed by atoms with van der Waals surface area (Å²) in [5.41, 5.74) is -1.01. The number of hydrogen-bond acceptors (Lipinski definition) is 5. The molecule has 0 N–H and O–H groups in total.